The van der Waals surface area contributed by atoms with Crippen LogP contribution in [-0.4, -0.2) is 35.3 Å². The first-order valence-electron chi connectivity index (χ1n) is 6.82. The van der Waals surface area contributed by atoms with Crippen LogP contribution in [0.2, 0.25) is 0 Å². The van der Waals surface area contributed by atoms with Crippen molar-refractivity contribution in [1.29, 1.82) is 0 Å². The van der Waals surface area contributed by atoms with E-state index >= 15 is 0 Å². The molecule has 0 saturated carbocycles. The number of aliphatic carboxylic acids is 1. The van der Waals surface area contributed by atoms with Crippen molar-refractivity contribution in [2.75, 3.05) is 18.5 Å². The van der Waals surface area contributed by atoms with Gasteiger partial charge in [0.25, 0.3) is 0 Å². The Morgan fingerprint density at radius 1 is 1.47 bits per heavy atom. The van der Waals surface area contributed by atoms with Crippen molar-refractivity contribution in [3.63, 3.8) is 0 Å². The van der Waals surface area contributed by atoms with Crippen molar-refractivity contribution >= 4 is 22.4 Å². The van der Waals surface area contributed by atoms with Crippen LogP contribution >= 0.6 is 11.3 Å². The summed E-state index contributed by atoms with van der Waals surface area (Å²) in [5, 5.41) is 13.4. The maximum atomic E-state index is 11.2. The van der Waals surface area contributed by atoms with E-state index in [1.165, 1.54) is 0 Å². The van der Waals surface area contributed by atoms with Crippen LogP contribution in [0.1, 0.15) is 42.2 Å². The number of anilines is 1. The molecule has 3 rings (SSSR count). The number of fused-ring (bicyclic) bond motifs is 1. The van der Waals surface area contributed by atoms with Crippen molar-refractivity contribution in [1.82, 2.24) is 4.98 Å². The number of carboxylic acid groups (broad SMARTS) is 1. The van der Waals surface area contributed by atoms with E-state index in [0.717, 1.165) is 54.5 Å². The molecule has 2 atom stereocenters. The third-order valence-corrected chi connectivity index (χ3v) is 4.85. The zero-order valence-electron chi connectivity index (χ0n) is 10.7. The molecule has 1 aromatic rings. The fourth-order valence-corrected chi connectivity index (χ4v) is 3.81. The summed E-state index contributed by atoms with van der Waals surface area (Å²) in [5.74, 6) is -1.17. The Morgan fingerprint density at radius 2 is 2.37 bits per heavy atom. The highest BCUT2D eigenvalue weighted by Gasteiger charge is 2.30. The maximum absolute atomic E-state index is 11.2. The van der Waals surface area contributed by atoms with E-state index in [1.807, 2.05) is 0 Å². The van der Waals surface area contributed by atoms with Crippen molar-refractivity contribution in [3.05, 3.63) is 10.6 Å². The molecule has 0 bridgehead atoms. The fourth-order valence-electron chi connectivity index (χ4n) is 2.74. The first kappa shape index (κ1) is 12.9. The lowest BCUT2D eigenvalue weighted by atomic mass is 9.91. The van der Waals surface area contributed by atoms with Gasteiger partial charge in [-0.25, -0.2) is 4.98 Å². The predicted octanol–water partition coefficient (Wildman–Crippen LogP) is 2.24. The summed E-state index contributed by atoms with van der Waals surface area (Å²) in [6.07, 6.45) is 5.10. The van der Waals surface area contributed by atoms with Crippen molar-refractivity contribution in [3.8, 4) is 0 Å². The molecule has 2 N–H and O–H groups in total. The molecular formula is C13H18N2O3S. The lowest BCUT2D eigenvalue weighted by molar-refractivity contribution is -0.139. The van der Waals surface area contributed by atoms with E-state index in [2.05, 4.69) is 10.3 Å². The molecule has 2 heterocycles. The summed E-state index contributed by atoms with van der Waals surface area (Å²) in [5.41, 5.74) is 0.776. The third-order valence-electron chi connectivity index (χ3n) is 3.76. The van der Waals surface area contributed by atoms with E-state index in [4.69, 9.17) is 4.74 Å². The van der Waals surface area contributed by atoms with Gasteiger partial charge in [-0.3, -0.25) is 4.79 Å². The molecule has 1 fully saturated rings. The Morgan fingerprint density at radius 3 is 3.11 bits per heavy atom. The van der Waals surface area contributed by atoms with Crippen molar-refractivity contribution in [2.24, 2.45) is 0 Å². The quantitative estimate of drug-likeness (QED) is 0.886. The summed E-state index contributed by atoms with van der Waals surface area (Å²) in [6.45, 7) is 1.62. The van der Waals surface area contributed by atoms with E-state index in [9.17, 15) is 9.90 Å². The first-order chi connectivity index (χ1) is 9.24. The van der Waals surface area contributed by atoms with Gasteiger partial charge in [0.05, 0.1) is 11.8 Å². The number of aryl methyl sites for hydroxylation is 1. The standard InChI is InChI=1S/C13H18N2O3S/c16-12(17)9-4-1-5-10-11(9)15-13(19-10)14-7-8-3-2-6-18-8/h8-9H,1-7H2,(H,14,15)(H,16,17). The zero-order valence-corrected chi connectivity index (χ0v) is 11.5. The van der Waals surface area contributed by atoms with Gasteiger partial charge in [-0.2, -0.15) is 0 Å². The molecule has 0 aromatic carbocycles. The number of thiazole rings is 1. The minimum Gasteiger partial charge on any atom is -0.481 e. The molecule has 1 aliphatic carbocycles. The number of hydrogen-bond donors (Lipinski definition) is 2. The van der Waals surface area contributed by atoms with Crippen LogP contribution in [0.3, 0.4) is 0 Å². The summed E-state index contributed by atoms with van der Waals surface area (Å²) >= 11 is 1.60. The van der Waals surface area contributed by atoms with Gasteiger partial charge >= 0.3 is 5.97 Å². The Kier molecular flexibility index (Phi) is 3.70. The summed E-state index contributed by atoms with van der Waals surface area (Å²) in [6, 6.07) is 0. The average molecular weight is 282 g/mol. The molecule has 5 nitrogen and oxygen atoms in total. The Labute approximate surface area is 116 Å². The lowest BCUT2D eigenvalue weighted by Crippen LogP contribution is -2.19. The molecule has 19 heavy (non-hydrogen) atoms. The molecule has 2 aliphatic rings. The lowest BCUT2D eigenvalue weighted by Gasteiger charge is -2.16. The molecule has 0 spiro atoms. The number of carboxylic acids is 1. The van der Waals surface area contributed by atoms with E-state index < -0.39 is 11.9 Å². The minimum absolute atomic E-state index is 0.274. The van der Waals surface area contributed by atoms with Gasteiger partial charge in [0.15, 0.2) is 5.13 Å². The monoisotopic (exact) mass is 282 g/mol. The van der Waals surface area contributed by atoms with Gasteiger partial charge in [-0.05, 0) is 32.1 Å². The second kappa shape index (κ2) is 5.46. The van der Waals surface area contributed by atoms with Crippen LogP contribution in [0.25, 0.3) is 0 Å². The summed E-state index contributed by atoms with van der Waals surface area (Å²) in [4.78, 5) is 16.8. The van der Waals surface area contributed by atoms with Gasteiger partial charge in [-0.15, -0.1) is 11.3 Å². The fraction of sp³-hybridized carbons (Fsp3) is 0.692. The highest BCUT2D eigenvalue weighted by Crippen LogP contribution is 2.36. The number of nitrogens with one attached hydrogen (secondary N) is 1. The molecule has 104 valence electrons. The number of carbonyl (C=O) groups is 1. The molecule has 2 unspecified atom stereocenters. The topological polar surface area (TPSA) is 71.5 Å². The maximum Gasteiger partial charge on any atom is 0.312 e. The Hall–Kier alpha value is -1.14. The van der Waals surface area contributed by atoms with Gasteiger partial charge in [0.2, 0.25) is 0 Å². The third kappa shape index (κ3) is 2.74. The van der Waals surface area contributed by atoms with E-state index in [-0.39, 0.29) is 6.10 Å². The number of rotatable bonds is 4. The smallest absolute Gasteiger partial charge is 0.312 e. The van der Waals surface area contributed by atoms with Crippen LogP contribution < -0.4 is 5.32 Å². The molecule has 0 amide bonds. The number of hydrogen-bond acceptors (Lipinski definition) is 5. The normalized spacial score (nSPS) is 26.1. The zero-order chi connectivity index (χ0) is 13.2. The minimum atomic E-state index is -0.753. The summed E-state index contributed by atoms with van der Waals surface area (Å²) in [7, 11) is 0. The average Bonchev–Trinajstić information content (AvgIpc) is 3.04. The Bertz CT molecular complexity index is 468. The van der Waals surface area contributed by atoms with Crippen molar-refractivity contribution < 1.29 is 14.6 Å². The number of aromatic nitrogens is 1. The van der Waals surface area contributed by atoms with Crippen molar-refractivity contribution in [2.45, 2.75) is 44.1 Å². The highest BCUT2D eigenvalue weighted by atomic mass is 32.1. The number of nitrogens with zero attached hydrogens (tertiary/aromatic N) is 1. The SMILES string of the molecule is O=C(O)C1CCCc2sc(NCC3CCCO3)nc21. The first-order valence-corrected chi connectivity index (χ1v) is 7.63. The predicted molar refractivity (Wildman–Crippen MR) is 72.9 cm³/mol. The second-order valence-corrected chi connectivity index (χ2v) is 6.21. The van der Waals surface area contributed by atoms with Crippen LogP contribution in [0.15, 0.2) is 0 Å². The van der Waals surface area contributed by atoms with Gasteiger partial charge < -0.3 is 15.2 Å². The van der Waals surface area contributed by atoms with Crippen LogP contribution in [0, 0.1) is 0 Å². The van der Waals surface area contributed by atoms with Gasteiger partial charge in [0, 0.05) is 18.0 Å². The van der Waals surface area contributed by atoms with Gasteiger partial charge in [0.1, 0.15) is 5.92 Å². The van der Waals surface area contributed by atoms with Crippen LogP contribution in [0.4, 0.5) is 5.13 Å². The molecular weight excluding hydrogens is 264 g/mol. The molecule has 6 heteroatoms. The van der Waals surface area contributed by atoms with Gasteiger partial charge in [-0.1, -0.05) is 0 Å². The van der Waals surface area contributed by atoms with E-state index in [0.29, 0.717) is 6.42 Å². The largest absolute Gasteiger partial charge is 0.481 e. The molecule has 0 radical (unpaired) electrons. The summed E-state index contributed by atoms with van der Waals surface area (Å²) < 4.78 is 5.56. The molecule has 1 aromatic heterocycles. The molecule has 1 saturated heterocycles. The highest BCUT2D eigenvalue weighted by molar-refractivity contribution is 7.15. The molecule has 1 aliphatic heterocycles. The second-order valence-electron chi connectivity index (χ2n) is 5.13. The van der Waals surface area contributed by atoms with E-state index in [1.54, 1.807) is 11.3 Å². The van der Waals surface area contributed by atoms with Crippen LogP contribution in [-0.2, 0) is 16.0 Å². The Balaban J connectivity index is 1.68. The number of ether oxygens (including phenoxy) is 1. The van der Waals surface area contributed by atoms with Crippen LogP contribution in [0.5, 0.6) is 0 Å².